The van der Waals surface area contributed by atoms with Crippen LogP contribution < -0.4 is 5.01 Å². The predicted octanol–water partition coefficient (Wildman–Crippen LogP) is 6.24. The molecule has 3 nitrogen and oxygen atoms in total. The Morgan fingerprint density at radius 3 is 2.24 bits per heavy atom. The Bertz CT molecular complexity index is 954. The van der Waals surface area contributed by atoms with E-state index in [1.165, 1.54) is 23.3 Å². The highest BCUT2D eigenvalue weighted by molar-refractivity contribution is 5.82. The zero-order chi connectivity index (χ0) is 20.8. The molecule has 1 aromatic rings. The molecule has 1 amide bonds. The summed E-state index contributed by atoms with van der Waals surface area (Å²) >= 11 is 0. The van der Waals surface area contributed by atoms with Crippen LogP contribution in [-0.4, -0.2) is 16.5 Å². The molecule has 3 aliphatic carbocycles. The second kappa shape index (κ2) is 5.56. The summed E-state index contributed by atoms with van der Waals surface area (Å²) in [7, 11) is 0. The van der Waals surface area contributed by atoms with Gasteiger partial charge in [0.05, 0.1) is 16.9 Å². The van der Waals surface area contributed by atoms with Crippen molar-refractivity contribution in [2.24, 2.45) is 16.2 Å². The third-order valence-electron chi connectivity index (χ3n) is 7.42. The summed E-state index contributed by atoms with van der Waals surface area (Å²) in [5, 5.41) is 4.44. The van der Waals surface area contributed by atoms with Crippen molar-refractivity contribution < 1.29 is 4.79 Å². The maximum atomic E-state index is 13.1. The van der Waals surface area contributed by atoms with Gasteiger partial charge in [-0.25, -0.2) is 5.01 Å². The molecule has 0 saturated heterocycles. The van der Waals surface area contributed by atoms with Crippen LogP contribution in [0.2, 0.25) is 0 Å². The SMILES string of the molecule is CC(=O)N1C2=C3C(=CC4(C)CC(C)(C)CC3(C4)N1c1ccccc1)CC(C)(C)C2. The minimum Gasteiger partial charge on any atom is -0.273 e. The molecule has 154 valence electrons. The van der Waals surface area contributed by atoms with Crippen molar-refractivity contribution in [3.05, 3.63) is 53.3 Å². The second-order valence-corrected chi connectivity index (χ2v) is 11.9. The average molecular weight is 391 g/mol. The van der Waals surface area contributed by atoms with E-state index in [9.17, 15) is 4.79 Å². The monoisotopic (exact) mass is 390 g/mol. The Labute approximate surface area is 175 Å². The Morgan fingerprint density at radius 2 is 1.59 bits per heavy atom. The number of rotatable bonds is 1. The predicted molar refractivity (Wildman–Crippen MR) is 118 cm³/mol. The fourth-order valence-corrected chi connectivity index (χ4v) is 7.54. The van der Waals surface area contributed by atoms with Gasteiger partial charge in [0, 0.05) is 12.5 Å². The number of hydrazine groups is 1. The van der Waals surface area contributed by atoms with Crippen molar-refractivity contribution in [3.63, 3.8) is 0 Å². The van der Waals surface area contributed by atoms with Crippen molar-refractivity contribution in [3.8, 4) is 0 Å². The van der Waals surface area contributed by atoms with Gasteiger partial charge in [-0.2, -0.15) is 0 Å². The summed E-state index contributed by atoms with van der Waals surface area (Å²) in [6.45, 7) is 13.7. The fraction of sp³-hybridized carbons (Fsp3) is 0.577. The smallest absolute Gasteiger partial charge is 0.242 e. The number of benzene rings is 1. The van der Waals surface area contributed by atoms with Crippen molar-refractivity contribution in [1.29, 1.82) is 0 Å². The van der Waals surface area contributed by atoms with E-state index in [1.807, 2.05) is 5.01 Å². The van der Waals surface area contributed by atoms with Crippen LogP contribution in [-0.2, 0) is 4.79 Å². The van der Waals surface area contributed by atoms with E-state index >= 15 is 0 Å². The molecule has 1 heterocycles. The standard InChI is InChI=1S/C26H34N2O/c1-18(29)27-21-14-23(2,3)12-19-13-25(6)15-24(4,5)16-26(17-25,22(19)21)28(27)20-10-8-7-9-11-20/h7-11,13H,12,14-17H2,1-6H3. The number of carbonyl (C=O) groups excluding carboxylic acids is 1. The van der Waals surface area contributed by atoms with Gasteiger partial charge in [0.25, 0.3) is 0 Å². The number of para-hydroxylation sites is 1. The summed E-state index contributed by atoms with van der Waals surface area (Å²) in [5.74, 6) is 0.127. The third-order valence-corrected chi connectivity index (χ3v) is 7.42. The van der Waals surface area contributed by atoms with Gasteiger partial charge >= 0.3 is 0 Å². The van der Waals surface area contributed by atoms with E-state index in [1.54, 1.807) is 6.92 Å². The van der Waals surface area contributed by atoms with Crippen LogP contribution in [0.5, 0.6) is 0 Å². The zero-order valence-corrected chi connectivity index (χ0v) is 18.8. The molecule has 1 saturated carbocycles. The normalized spacial score (nSPS) is 34.1. The molecule has 2 bridgehead atoms. The van der Waals surface area contributed by atoms with Crippen LogP contribution >= 0.6 is 0 Å². The number of nitrogens with zero attached hydrogens (tertiary/aromatic N) is 2. The van der Waals surface area contributed by atoms with Crippen molar-refractivity contribution in [1.82, 2.24) is 5.01 Å². The summed E-state index contributed by atoms with van der Waals surface area (Å²) in [6.07, 6.45) is 8.04. The lowest BCUT2D eigenvalue weighted by molar-refractivity contribution is -0.128. The molecule has 1 aliphatic heterocycles. The minimum absolute atomic E-state index is 0.126. The largest absolute Gasteiger partial charge is 0.273 e. The first-order chi connectivity index (χ1) is 13.5. The van der Waals surface area contributed by atoms with Crippen LogP contribution in [0.15, 0.2) is 53.3 Å². The maximum Gasteiger partial charge on any atom is 0.242 e. The summed E-state index contributed by atoms with van der Waals surface area (Å²) in [6, 6.07) is 10.6. The van der Waals surface area contributed by atoms with E-state index < -0.39 is 0 Å². The Hall–Kier alpha value is -2.03. The lowest BCUT2D eigenvalue weighted by atomic mass is 9.50. The highest BCUT2D eigenvalue weighted by atomic mass is 16.2. The molecule has 2 unspecified atom stereocenters. The molecule has 1 fully saturated rings. The number of fused-ring (bicyclic) bond motifs is 1. The molecule has 0 aromatic heterocycles. The van der Waals surface area contributed by atoms with E-state index in [0.29, 0.717) is 0 Å². The number of anilines is 1. The number of carbonyl (C=O) groups is 1. The molecule has 1 spiro atoms. The Kier molecular flexibility index (Phi) is 3.64. The van der Waals surface area contributed by atoms with Gasteiger partial charge in [0.2, 0.25) is 5.91 Å². The second-order valence-electron chi connectivity index (χ2n) is 11.9. The molecule has 4 aliphatic rings. The Balaban J connectivity index is 1.82. The van der Waals surface area contributed by atoms with Gasteiger partial charge in [-0.1, -0.05) is 58.9 Å². The van der Waals surface area contributed by atoms with Crippen LogP contribution in [0.3, 0.4) is 0 Å². The van der Waals surface area contributed by atoms with Gasteiger partial charge < -0.3 is 0 Å². The van der Waals surface area contributed by atoms with Gasteiger partial charge in [-0.3, -0.25) is 9.80 Å². The van der Waals surface area contributed by atoms with Crippen LogP contribution in [0, 0.1) is 16.2 Å². The summed E-state index contributed by atoms with van der Waals surface area (Å²) < 4.78 is 0. The van der Waals surface area contributed by atoms with Crippen LogP contribution in [0.4, 0.5) is 5.69 Å². The van der Waals surface area contributed by atoms with Crippen LogP contribution in [0.25, 0.3) is 0 Å². The van der Waals surface area contributed by atoms with Gasteiger partial charge in [0.1, 0.15) is 0 Å². The quantitative estimate of drug-likeness (QED) is 0.567. The van der Waals surface area contributed by atoms with Crippen molar-refractivity contribution in [2.75, 3.05) is 5.01 Å². The first-order valence-electron chi connectivity index (χ1n) is 11.1. The fourth-order valence-electron chi connectivity index (χ4n) is 7.54. The van der Waals surface area contributed by atoms with Crippen LogP contribution in [0.1, 0.15) is 73.6 Å². The number of hydrogen-bond acceptors (Lipinski definition) is 2. The molecule has 2 atom stereocenters. The van der Waals surface area contributed by atoms with E-state index in [0.717, 1.165) is 31.4 Å². The molecule has 29 heavy (non-hydrogen) atoms. The topological polar surface area (TPSA) is 23.6 Å². The van der Waals surface area contributed by atoms with Gasteiger partial charge in [0.15, 0.2) is 0 Å². The molecular formula is C26H34N2O. The first kappa shape index (κ1) is 19.0. The molecular weight excluding hydrogens is 356 g/mol. The lowest BCUT2D eigenvalue weighted by Gasteiger charge is -2.59. The molecule has 5 rings (SSSR count). The highest BCUT2D eigenvalue weighted by Crippen LogP contribution is 2.66. The number of hydrogen-bond donors (Lipinski definition) is 0. The molecule has 3 heteroatoms. The molecule has 0 N–H and O–H groups in total. The minimum atomic E-state index is -0.126. The van der Waals surface area contributed by atoms with Crippen molar-refractivity contribution in [2.45, 2.75) is 79.2 Å². The lowest BCUT2D eigenvalue weighted by Crippen LogP contribution is -2.61. The zero-order valence-electron chi connectivity index (χ0n) is 18.8. The van der Waals surface area contributed by atoms with E-state index in [2.05, 4.69) is 76.0 Å². The molecule has 0 radical (unpaired) electrons. The summed E-state index contributed by atoms with van der Waals surface area (Å²) in [5.41, 5.74) is 5.80. The highest BCUT2D eigenvalue weighted by Gasteiger charge is 2.63. The van der Waals surface area contributed by atoms with Gasteiger partial charge in [-0.15, -0.1) is 0 Å². The average Bonchev–Trinajstić information content (AvgIpc) is 2.80. The van der Waals surface area contributed by atoms with Gasteiger partial charge in [-0.05, 0) is 66.1 Å². The van der Waals surface area contributed by atoms with Crippen molar-refractivity contribution >= 4 is 11.6 Å². The first-order valence-corrected chi connectivity index (χ1v) is 11.1. The number of allylic oxidation sites excluding steroid dienone is 2. The third kappa shape index (κ3) is 2.65. The Morgan fingerprint density at radius 1 is 0.897 bits per heavy atom. The van der Waals surface area contributed by atoms with E-state index in [4.69, 9.17) is 0 Å². The van der Waals surface area contributed by atoms with E-state index in [-0.39, 0.29) is 27.7 Å². The molecule has 1 aromatic carbocycles. The summed E-state index contributed by atoms with van der Waals surface area (Å²) in [4.78, 5) is 13.1. The number of amides is 1. The maximum absolute atomic E-state index is 13.1.